The van der Waals surface area contributed by atoms with Gasteiger partial charge in [-0.15, -0.1) is 0 Å². The van der Waals surface area contributed by atoms with Crippen molar-refractivity contribution in [1.82, 2.24) is 0 Å². The van der Waals surface area contributed by atoms with Crippen molar-refractivity contribution in [1.29, 1.82) is 0 Å². The molecule has 0 saturated heterocycles. The normalized spacial score (nSPS) is 10.5. The van der Waals surface area contributed by atoms with Gasteiger partial charge in [-0.05, 0) is 5.92 Å². The van der Waals surface area contributed by atoms with Crippen LogP contribution in [0.15, 0.2) is 0 Å². The first-order chi connectivity index (χ1) is 3.77. The van der Waals surface area contributed by atoms with Crippen LogP contribution in [0.4, 0.5) is 4.39 Å². The summed E-state index contributed by atoms with van der Waals surface area (Å²) < 4.78 is 16.1. The zero-order valence-electron chi connectivity index (χ0n) is 5.41. The minimum atomic E-state index is -0.382. The first-order valence-electron chi connectivity index (χ1n) is 2.70. The molecule has 1 radical (unpaired) electrons. The molecule has 0 aliphatic carbocycles. The van der Waals surface area contributed by atoms with E-state index in [1.54, 1.807) is 0 Å². The number of rotatable bonds is 4. The zero-order valence-corrected chi connectivity index (χ0v) is 5.41. The lowest BCUT2D eigenvalue weighted by Crippen LogP contribution is -2.02. The van der Waals surface area contributed by atoms with Crippen molar-refractivity contribution >= 4 is 0 Å². The topological polar surface area (TPSA) is 9.23 Å². The third kappa shape index (κ3) is 5.89. The minimum Gasteiger partial charge on any atom is -0.378 e. The van der Waals surface area contributed by atoms with E-state index in [9.17, 15) is 4.39 Å². The van der Waals surface area contributed by atoms with Gasteiger partial charge < -0.3 is 4.74 Å². The molecule has 0 N–H and O–H groups in total. The minimum absolute atomic E-state index is 0.227. The fourth-order valence-electron chi connectivity index (χ4n) is 0.331. The molecule has 0 spiro atoms. The van der Waals surface area contributed by atoms with Gasteiger partial charge >= 0.3 is 0 Å². The van der Waals surface area contributed by atoms with Crippen LogP contribution in [0.2, 0.25) is 0 Å². The van der Waals surface area contributed by atoms with E-state index in [0.29, 0.717) is 6.61 Å². The molecule has 0 aromatic carbocycles. The van der Waals surface area contributed by atoms with Crippen molar-refractivity contribution in [3.8, 4) is 0 Å². The van der Waals surface area contributed by atoms with E-state index in [2.05, 4.69) is 0 Å². The van der Waals surface area contributed by atoms with Crippen LogP contribution in [0.3, 0.4) is 0 Å². The van der Waals surface area contributed by atoms with E-state index in [4.69, 9.17) is 4.74 Å². The van der Waals surface area contributed by atoms with Crippen LogP contribution in [0.1, 0.15) is 13.8 Å². The van der Waals surface area contributed by atoms with Gasteiger partial charge in [0.15, 0.2) is 0 Å². The summed E-state index contributed by atoms with van der Waals surface area (Å²) in [5.74, 6) is 1.18. The second-order valence-electron chi connectivity index (χ2n) is 1.95. The van der Waals surface area contributed by atoms with Gasteiger partial charge in [-0.3, -0.25) is 0 Å². The summed E-state index contributed by atoms with van der Waals surface area (Å²) in [5, 5.41) is 0. The molecule has 0 aromatic heterocycles. The van der Waals surface area contributed by atoms with Gasteiger partial charge in [0.25, 0.3) is 0 Å². The Morgan fingerprint density at radius 2 is 2.12 bits per heavy atom. The van der Waals surface area contributed by atoms with Crippen LogP contribution in [0.25, 0.3) is 0 Å². The van der Waals surface area contributed by atoms with E-state index in [0.717, 1.165) is 0 Å². The molecule has 0 atom stereocenters. The number of halogens is 1. The van der Waals surface area contributed by atoms with Crippen LogP contribution in [-0.2, 0) is 4.74 Å². The molecule has 0 aromatic rings. The number of alkyl halides is 1. The summed E-state index contributed by atoms with van der Waals surface area (Å²) in [5.41, 5.74) is 0. The quantitative estimate of drug-likeness (QED) is 0.510. The molecule has 0 bridgehead atoms. The summed E-state index contributed by atoms with van der Waals surface area (Å²) in [4.78, 5) is 0. The molecule has 0 saturated carbocycles. The Bertz CT molecular complexity index is 45.8. The SMILES string of the molecule is C[C](C)COCCF. The van der Waals surface area contributed by atoms with Crippen molar-refractivity contribution < 1.29 is 9.13 Å². The van der Waals surface area contributed by atoms with Crippen molar-refractivity contribution in [3.63, 3.8) is 0 Å². The number of hydrogen-bond acceptors (Lipinski definition) is 1. The Labute approximate surface area is 49.8 Å². The molecule has 49 valence electrons. The van der Waals surface area contributed by atoms with Crippen molar-refractivity contribution in [2.75, 3.05) is 19.9 Å². The van der Waals surface area contributed by atoms with Gasteiger partial charge in [-0.1, -0.05) is 13.8 Å². The van der Waals surface area contributed by atoms with Gasteiger partial charge in [0.1, 0.15) is 6.67 Å². The molecule has 8 heavy (non-hydrogen) atoms. The third-order valence-electron chi connectivity index (χ3n) is 0.612. The molecular formula is C6H12FO. The highest BCUT2D eigenvalue weighted by Gasteiger charge is 1.91. The van der Waals surface area contributed by atoms with E-state index in [-0.39, 0.29) is 13.3 Å². The summed E-state index contributed by atoms with van der Waals surface area (Å²) >= 11 is 0. The highest BCUT2D eigenvalue weighted by molar-refractivity contribution is 4.74. The molecule has 0 amide bonds. The molecule has 0 aliphatic heterocycles. The Morgan fingerprint density at radius 3 is 2.50 bits per heavy atom. The number of hydrogen-bond donors (Lipinski definition) is 0. The maximum absolute atomic E-state index is 11.3. The molecule has 0 heterocycles. The zero-order chi connectivity index (χ0) is 6.41. The van der Waals surface area contributed by atoms with E-state index >= 15 is 0 Å². The molecule has 0 unspecified atom stereocenters. The summed E-state index contributed by atoms with van der Waals surface area (Å²) in [6.07, 6.45) is 0. The van der Waals surface area contributed by atoms with Gasteiger partial charge in [0.05, 0.1) is 13.2 Å². The predicted octanol–water partition coefficient (Wildman–Crippen LogP) is 1.59. The Balaban J connectivity index is 2.72. The average molecular weight is 119 g/mol. The molecule has 0 aliphatic rings. The van der Waals surface area contributed by atoms with Gasteiger partial charge in [0.2, 0.25) is 0 Å². The van der Waals surface area contributed by atoms with Crippen LogP contribution < -0.4 is 0 Å². The predicted molar refractivity (Wildman–Crippen MR) is 31.4 cm³/mol. The lowest BCUT2D eigenvalue weighted by molar-refractivity contribution is 0.128. The summed E-state index contributed by atoms with van der Waals surface area (Å²) in [7, 11) is 0. The molecule has 0 rings (SSSR count). The van der Waals surface area contributed by atoms with E-state index in [1.165, 1.54) is 5.92 Å². The molecular weight excluding hydrogens is 107 g/mol. The summed E-state index contributed by atoms with van der Waals surface area (Å²) in [6, 6.07) is 0. The van der Waals surface area contributed by atoms with Gasteiger partial charge in [-0.2, -0.15) is 0 Å². The molecule has 2 heteroatoms. The Hall–Kier alpha value is -0.110. The van der Waals surface area contributed by atoms with Crippen molar-refractivity contribution in [3.05, 3.63) is 5.92 Å². The standard InChI is InChI=1S/C6H12FO/c1-6(2)5-8-4-3-7/h3-5H2,1-2H3. The largest absolute Gasteiger partial charge is 0.378 e. The lowest BCUT2D eigenvalue weighted by atomic mass is 10.2. The molecule has 1 nitrogen and oxygen atoms in total. The summed E-state index contributed by atoms with van der Waals surface area (Å²) in [6.45, 7) is 4.35. The van der Waals surface area contributed by atoms with Crippen LogP contribution in [0.5, 0.6) is 0 Å². The second-order valence-corrected chi connectivity index (χ2v) is 1.95. The smallest absolute Gasteiger partial charge is 0.113 e. The first-order valence-corrected chi connectivity index (χ1v) is 2.70. The maximum atomic E-state index is 11.3. The van der Waals surface area contributed by atoms with Gasteiger partial charge in [0, 0.05) is 0 Å². The van der Waals surface area contributed by atoms with Crippen LogP contribution in [-0.4, -0.2) is 19.9 Å². The average Bonchev–Trinajstić information content (AvgIpc) is 1.66. The first kappa shape index (κ1) is 7.89. The van der Waals surface area contributed by atoms with Gasteiger partial charge in [-0.25, -0.2) is 4.39 Å². The maximum Gasteiger partial charge on any atom is 0.113 e. The number of ether oxygens (including phenoxy) is 1. The van der Waals surface area contributed by atoms with E-state index in [1.807, 2.05) is 13.8 Å². The van der Waals surface area contributed by atoms with Crippen LogP contribution >= 0.6 is 0 Å². The Morgan fingerprint density at radius 1 is 1.50 bits per heavy atom. The lowest BCUT2D eigenvalue weighted by Gasteiger charge is -2.01. The highest BCUT2D eigenvalue weighted by atomic mass is 19.1. The monoisotopic (exact) mass is 119 g/mol. The van der Waals surface area contributed by atoms with Crippen LogP contribution in [0, 0.1) is 5.92 Å². The Kier molecular flexibility index (Phi) is 4.97. The molecule has 0 fully saturated rings. The van der Waals surface area contributed by atoms with E-state index < -0.39 is 0 Å². The fourth-order valence-corrected chi connectivity index (χ4v) is 0.331. The second kappa shape index (κ2) is 5.04. The fraction of sp³-hybridized carbons (Fsp3) is 0.833. The highest BCUT2D eigenvalue weighted by Crippen LogP contribution is 1.93. The third-order valence-corrected chi connectivity index (χ3v) is 0.612. The van der Waals surface area contributed by atoms with Crippen molar-refractivity contribution in [2.45, 2.75) is 13.8 Å². The van der Waals surface area contributed by atoms with Crippen molar-refractivity contribution in [2.24, 2.45) is 0 Å².